The lowest BCUT2D eigenvalue weighted by Crippen LogP contribution is -2.39. The highest BCUT2D eigenvalue weighted by molar-refractivity contribution is 6.35. The third kappa shape index (κ3) is 5.65. The summed E-state index contributed by atoms with van der Waals surface area (Å²) in [6.45, 7) is 3.44. The number of hydrogen-bond donors (Lipinski definition) is 1. The summed E-state index contributed by atoms with van der Waals surface area (Å²) in [5.74, 6) is 0.823. The van der Waals surface area contributed by atoms with Gasteiger partial charge in [0.25, 0.3) is 5.91 Å². The summed E-state index contributed by atoms with van der Waals surface area (Å²) in [4.78, 5) is 24.9. The Morgan fingerprint density at radius 2 is 2.08 bits per heavy atom. The van der Waals surface area contributed by atoms with Gasteiger partial charge in [0, 0.05) is 31.1 Å². The minimum atomic E-state index is -0.342. The van der Waals surface area contributed by atoms with Gasteiger partial charge < -0.3 is 14.6 Å². The van der Waals surface area contributed by atoms with Crippen LogP contribution in [-0.2, 0) is 9.59 Å². The maximum atomic E-state index is 11.8. The average molecular weight is 386 g/mol. The number of halogens is 2. The van der Waals surface area contributed by atoms with E-state index in [9.17, 15) is 9.59 Å². The summed E-state index contributed by atoms with van der Waals surface area (Å²) in [6.07, 6.45) is 0. The third-order valence-corrected chi connectivity index (χ3v) is 3.71. The number of nitrogens with zero attached hydrogens (tertiary/aromatic N) is 2. The van der Waals surface area contributed by atoms with Crippen molar-refractivity contribution in [2.45, 2.75) is 13.8 Å². The maximum absolute atomic E-state index is 11.8. The second kappa shape index (κ2) is 8.73. The van der Waals surface area contributed by atoms with Gasteiger partial charge in [-0.2, -0.15) is 0 Å². The van der Waals surface area contributed by atoms with Crippen molar-refractivity contribution >= 4 is 40.8 Å². The number of amides is 2. The van der Waals surface area contributed by atoms with E-state index >= 15 is 0 Å². The van der Waals surface area contributed by atoms with Crippen molar-refractivity contribution in [3.8, 4) is 5.75 Å². The number of hydrogen-bond acceptors (Lipinski definition) is 5. The molecular weight excluding hydrogens is 369 g/mol. The van der Waals surface area contributed by atoms with Gasteiger partial charge in [-0.3, -0.25) is 14.5 Å². The highest BCUT2D eigenvalue weighted by Gasteiger charge is 2.15. The molecular formula is C16H17Cl2N3O4. The Bertz CT molecular complexity index is 764. The Morgan fingerprint density at radius 1 is 1.32 bits per heavy atom. The third-order valence-electron chi connectivity index (χ3n) is 3.18. The zero-order valence-corrected chi connectivity index (χ0v) is 15.2. The largest absolute Gasteiger partial charge is 0.482 e. The van der Waals surface area contributed by atoms with Crippen LogP contribution >= 0.6 is 23.2 Å². The number of rotatable bonds is 7. The van der Waals surface area contributed by atoms with Crippen LogP contribution in [0.25, 0.3) is 0 Å². The molecule has 0 atom stereocenters. The molecule has 0 fully saturated rings. The van der Waals surface area contributed by atoms with Crippen LogP contribution in [0, 0.1) is 6.92 Å². The fourth-order valence-corrected chi connectivity index (χ4v) is 2.47. The van der Waals surface area contributed by atoms with Gasteiger partial charge in [0.1, 0.15) is 11.5 Å². The topological polar surface area (TPSA) is 84.7 Å². The Morgan fingerprint density at radius 3 is 2.68 bits per heavy atom. The summed E-state index contributed by atoms with van der Waals surface area (Å²) < 4.78 is 10.3. The van der Waals surface area contributed by atoms with Gasteiger partial charge in [0.2, 0.25) is 5.91 Å². The van der Waals surface area contributed by atoms with Crippen molar-refractivity contribution in [2.24, 2.45) is 0 Å². The predicted molar refractivity (Wildman–Crippen MR) is 94.2 cm³/mol. The maximum Gasteiger partial charge on any atom is 0.258 e. The van der Waals surface area contributed by atoms with Crippen LogP contribution < -0.4 is 15.0 Å². The first-order chi connectivity index (χ1) is 11.9. The SMILES string of the molecule is CC(=O)N(CCNC(=O)COc1ccc(Cl)cc1Cl)c1cc(C)on1. The molecule has 2 rings (SSSR count). The number of nitrogens with one attached hydrogen (secondary N) is 1. The smallest absolute Gasteiger partial charge is 0.258 e. The van der Waals surface area contributed by atoms with Crippen molar-refractivity contribution in [3.05, 3.63) is 40.1 Å². The van der Waals surface area contributed by atoms with Crippen molar-refractivity contribution < 1.29 is 18.8 Å². The van der Waals surface area contributed by atoms with Crippen molar-refractivity contribution in [2.75, 3.05) is 24.6 Å². The number of ether oxygens (including phenoxy) is 1. The van der Waals surface area contributed by atoms with Crippen LogP contribution in [0.5, 0.6) is 5.75 Å². The number of anilines is 1. The van der Waals surface area contributed by atoms with E-state index in [1.54, 1.807) is 25.1 Å². The lowest BCUT2D eigenvalue weighted by Gasteiger charge is -2.17. The molecule has 0 saturated carbocycles. The van der Waals surface area contributed by atoms with E-state index in [1.807, 2.05) is 0 Å². The van der Waals surface area contributed by atoms with Crippen molar-refractivity contribution in [1.82, 2.24) is 10.5 Å². The van der Waals surface area contributed by atoms with Crippen LogP contribution in [-0.4, -0.2) is 36.7 Å². The molecule has 1 aromatic carbocycles. The molecule has 1 heterocycles. The van der Waals surface area contributed by atoms with E-state index in [0.717, 1.165) is 0 Å². The monoisotopic (exact) mass is 385 g/mol. The molecule has 134 valence electrons. The van der Waals surface area contributed by atoms with Gasteiger partial charge in [-0.1, -0.05) is 28.4 Å². The minimum Gasteiger partial charge on any atom is -0.482 e. The standard InChI is InChI=1S/C16H17Cl2N3O4/c1-10-7-15(20-25-10)21(11(2)22)6-5-19-16(23)9-24-14-4-3-12(17)8-13(14)18/h3-4,7-8H,5-6,9H2,1-2H3,(H,19,23). The molecule has 25 heavy (non-hydrogen) atoms. The second-order valence-corrected chi connectivity index (χ2v) is 6.02. The summed E-state index contributed by atoms with van der Waals surface area (Å²) in [5, 5.41) is 7.26. The molecule has 1 N–H and O–H groups in total. The first-order valence-electron chi connectivity index (χ1n) is 7.43. The Labute approximate surface area is 154 Å². The molecule has 2 amide bonds. The molecule has 0 aliphatic heterocycles. The first-order valence-corrected chi connectivity index (χ1v) is 8.18. The number of carbonyl (C=O) groups is 2. The molecule has 0 radical (unpaired) electrons. The van der Waals surface area contributed by atoms with Crippen LogP contribution in [0.15, 0.2) is 28.8 Å². The number of benzene rings is 1. The van der Waals surface area contributed by atoms with Gasteiger partial charge in [-0.15, -0.1) is 0 Å². The van der Waals surface area contributed by atoms with Crippen LogP contribution in [0.2, 0.25) is 10.0 Å². The van der Waals surface area contributed by atoms with Crippen molar-refractivity contribution in [1.29, 1.82) is 0 Å². The fraction of sp³-hybridized carbons (Fsp3) is 0.312. The molecule has 0 aliphatic carbocycles. The lowest BCUT2D eigenvalue weighted by atomic mass is 10.3. The van der Waals surface area contributed by atoms with Crippen LogP contribution in [0.4, 0.5) is 5.82 Å². The molecule has 1 aromatic heterocycles. The molecule has 9 heteroatoms. The quantitative estimate of drug-likeness (QED) is 0.791. The molecule has 2 aromatic rings. The van der Waals surface area contributed by atoms with E-state index in [2.05, 4.69) is 10.5 Å². The van der Waals surface area contributed by atoms with Crippen LogP contribution in [0.1, 0.15) is 12.7 Å². The van der Waals surface area contributed by atoms with Crippen LogP contribution in [0.3, 0.4) is 0 Å². The normalized spacial score (nSPS) is 10.4. The van der Waals surface area contributed by atoms with Gasteiger partial charge in [-0.25, -0.2) is 0 Å². The fourth-order valence-electron chi connectivity index (χ4n) is 2.01. The Kier molecular flexibility index (Phi) is 6.66. The summed E-state index contributed by atoms with van der Waals surface area (Å²) in [7, 11) is 0. The van der Waals surface area contributed by atoms with Gasteiger partial charge >= 0.3 is 0 Å². The summed E-state index contributed by atoms with van der Waals surface area (Å²) in [6, 6.07) is 6.38. The van der Waals surface area contributed by atoms with E-state index in [0.29, 0.717) is 27.4 Å². The number of aryl methyl sites for hydroxylation is 1. The van der Waals surface area contributed by atoms with Crippen molar-refractivity contribution in [3.63, 3.8) is 0 Å². The zero-order valence-electron chi connectivity index (χ0n) is 13.7. The van der Waals surface area contributed by atoms with Gasteiger partial charge in [0.05, 0.1) is 5.02 Å². The van der Waals surface area contributed by atoms with E-state index in [4.69, 9.17) is 32.5 Å². The lowest BCUT2D eigenvalue weighted by molar-refractivity contribution is -0.123. The molecule has 0 bridgehead atoms. The second-order valence-electron chi connectivity index (χ2n) is 5.18. The molecule has 0 unspecified atom stereocenters. The Balaban J connectivity index is 1.80. The summed E-state index contributed by atoms with van der Waals surface area (Å²) in [5.41, 5.74) is 0. The van der Waals surface area contributed by atoms with E-state index < -0.39 is 0 Å². The molecule has 0 spiro atoms. The molecule has 0 aliphatic rings. The highest BCUT2D eigenvalue weighted by atomic mass is 35.5. The number of aromatic nitrogens is 1. The Hall–Kier alpha value is -2.25. The summed E-state index contributed by atoms with van der Waals surface area (Å²) >= 11 is 11.8. The minimum absolute atomic E-state index is 0.202. The van der Waals surface area contributed by atoms with E-state index in [1.165, 1.54) is 17.9 Å². The zero-order chi connectivity index (χ0) is 18.4. The average Bonchev–Trinajstić information content (AvgIpc) is 2.96. The highest BCUT2D eigenvalue weighted by Crippen LogP contribution is 2.27. The predicted octanol–water partition coefficient (Wildman–Crippen LogP) is 2.84. The van der Waals surface area contributed by atoms with E-state index in [-0.39, 0.29) is 31.5 Å². The van der Waals surface area contributed by atoms with Gasteiger partial charge in [-0.05, 0) is 25.1 Å². The molecule has 7 nitrogen and oxygen atoms in total. The first kappa shape index (κ1) is 19.1. The molecule has 0 saturated heterocycles. The number of carbonyl (C=O) groups excluding carboxylic acids is 2. The van der Waals surface area contributed by atoms with Gasteiger partial charge in [0.15, 0.2) is 12.4 Å².